The second-order valence-electron chi connectivity index (χ2n) is 7.32. The van der Waals surface area contributed by atoms with E-state index in [2.05, 4.69) is 17.9 Å². The van der Waals surface area contributed by atoms with Crippen LogP contribution in [-0.2, 0) is 0 Å². The summed E-state index contributed by atoms with van der Waals surface area (Å²) in [6, 6.07) is 9.86. The van der Waals surface area contributed by atoms with Gasteiger partial charge in [-0.2, -0.15) is 0 Å². The van der Waals surface area contributed by atoms with Crippen LogP contribution in [0.2, 0.25) is 0 Å². The van der Waals surface area contributed by atoms with E-state index < -0.39 is 4.92 Å². The maximum absolute atomic E-state index is 13.2. The Kier molecular flexibility index (Phi) is 6.24. The number of amides is 1. The molecule has 1 aromatic heterocycles. The second-order valence-corrected chi connectivity index (χ2v) is 8.33. The lowest BCUT2D eigenvalue weighted by atomic mass is 10.1. The average molecular weight is 413 g/mol. The number of hydrogen-bond acceptors (Lipinski definition) is 6. The number of aromatic nitrogens is 1. The summed E-state index contributed by atoms with van der Waals surface area (Å²) in [5.41, 5.74) is 3.60. The molecule has 0 spiro atoms. The van der Waals surface area contributed by atoms with Gasteiger partial charge in [0, 0.05) is 24.2 Å². The first kappa shape index (κ1) is 20.9. The van der Waals surface area contributed by atoms with Gasteiger partial charge in [0.2, 0.25) is 0 Å². The lowest BCUT2D eigenvalue weighted by molar-refractivity contribution is -0.384. The van der Waals surface area contributed by atoms with Crippen LogP contribution in [0.4, 0.5) is 10.8 Å². The maximum Gasteiger partial charge on any atom is 0.269 e. The lowest BCUT2D eigenvalue weighted by Crippen LogP contribution is -2.33. The van der Waals surface area contributed by atoms with Crippen LogP contribution < -0.4 is 4.90 Å². The van der Waals surface area contributed by atoms with Crippen LogP contribution in [0.15, 0.2) is 36.4 Å². The van der Waals surface area contributed by atoms with Crippen molar-refractivity contribution in [2.24, 2.45) is 0 Å². The molecule has 7 nitrogen and oxygen atoms in total. The molecule has 1 amide bonds. The fourth-order valence-electron chi connectivity index (χ4n) is 2.99. The summed E-state index contributed by atoms with van der Waals surface area (Å²) in [7, 11) is 3.98. The van der Waals surface area contributed by atoms with E-state index >= 15 is 0 Å². The molecule has 0 bridgehead atoms. The van der Waals surface area contributed by atoms with Crippen LogP contribution >= 0.6 is 11.3 Å². The van der Waals surface area contributed by atoms with Crippen LogP contribution in [0.1, 0.15) is 27.9 Å². The van der Waals surface area contributed by atoms with Gasteiger partial charge in [0.05, 0.1) is 15.1 Å². The van der Waals surface area contributed by atoms with Gasteiger partial charge in [-0.3, -0.25) is 19.8 Å². The van der Waals surface area contributed by atoms with Gasteiger partial charge in [0.1, 0.15) is 0 Å². The van der Waals surface area contributed by atoms with Gasteiger partial charge in [-0.25, -0.2) is 4.98 Å². The SMILES string of the molecule is Cc1cc2nc(N(CCCN(C)C)C(=O)c3ccc([N+](=O)[O-])cc3)sc2cc1C. The molecule has 3 rings (SSSR count). The molecule has 0 aliphatic rings. The van der Waals surface area contributed by atoms with E-state index in [0.717, 1.165) is 28.7 Å². The van der Waals surface area contributed by atoms with E-state index in [4.69, 9.17) is 4.98 Å². The van der Waals surface area contributed by atoms with Crippen molar-refractivity contribution in [1.82, 2.24) is 9.88 Å². The highest BCUT2D eigenvalue weighted by Gasteiger charge is 2.22. The molecule has 8 heteroatoms. The van der Waals surface area contributed by atoms with Gasteiger partial charge in [0.15, 0.2) is 5.13 Å². The van der Waals surface area contributed by atoms with Gasteiger partial charge >= 0.3 is 0 Å². The van der Waals surface area contributed by atoms with Crippen molar-refractivity contribution in [2.75, 3.05) is 32.1 Å². The largest absolute Gasteiger partial charge is 0.309 e. The first-order valence-corrected chi connectivity index (χ1v) is 10.2. The molecule has 1 heterocycles. The van der Waals surface area contributed by atoms with Crippen molar-refractivity contribution < 1.29 is 9.72 Å². The van der Waals surface area contributed by atoms with E-state index in [1.807, 2.05) is 27.1 Å². The third-order valence-corrected chi connectivity index (χ3v) is 5.82. The van der Waals surface area contributed by atoms with Crippen LogP contribution in [0.25, 0.3) is 10.2 Å². The topological polar surface area (TPSA) is 79.6 Å². The van der Waals surface area contributed by atoms with Gasteiger partial charge in [-0.15, -0.1) is 0 Å². The summed E-state index contributed by atoms with van der Waals surface area (Å²) in [5.74, 6) is -0.203. The van der Waals surface area contributed by atoms with Crippen molar-refractivity contribution in [3.05, 3.63) is 63.2 Å². The number of hydrogen-bond donors (Lipinski definition) is 0. The third-order valence-electron chi connectivity index (χ3n) is 4.78. The molecule has 0 aliphatic heterocycles. The minimum absolute atomic E-state index is 0.0355. The standard InChI is InChI=1S/C21H24N4O3S/c1-14-12-18-19(13-15(14)2)29-21(22-18)24(11-5-10-23(3)4)20(26)16-6-8-17(9-7-16)25(27)28/h6-9,12-13H,5,10-11H2,1-4H3. The average Bonchev–Trinajstić information content (AvgIpc) is 3.07. The van der Waals surface area contributed by atoms with Crippen molar-refractivity contribution in [3.63, 3.8) is 0 Å². The van der Waals surface area contributed by atoms with Crippen molar-refractivity contribution >= 4 is 38.3 Å². The van der Waals surface area contributed by atoms with E-state index in [1.165, 1.54) is 41.2 Å². The molecule has 0 saturated carbocycles. The first-order chi connectivity index (χ1) is 13.8. The molecule has 3 aromatic rings. The zero-order valence-electron chi connectivity index (χ0n) is 17.0. The maximum atomic E-state index is 13.2. The number of aryl methyl sites for hydroxylation is 2. The highest BCUT2D eigenvalue weighted by atomic mass is 32.1. The highest BCUT2D eigenvalue weighted by Crippen LogP contribution is 2.32. The van der Waals surface area contributed by atoms with Crippen LogP contribution in [0, 0.1) is 24.0 Å². The Hall–Kier alpha value is -2.84. The van der Waals surface area contributed by atoms with Gasteiger partial charge < -0.3 is 4.90 Å². The fourth-order valence-corrected chi connectivity index (χ4v) is 4.06. The van der Waals surface area contributed by atoms with Crippen LogP contribution in [-0.4, -0.2) is 47.9 Å². The molecule has 0 fully saturated rings. The number of fused-ring (bicyclic) bond motifs is 1. The van der Waals surface area contributed by atoms with Crippen molar-refractivity contribution in [2.45, 2.75) is 20.3 Å². The van der Waals surface area contributed by atoms with E-state index in [9.17, 15) is 14.9 Å². The molecule has 2 aromatic carbocycles. The summed E-state index contributed by atoms with van der Waals surface area (Å²) in [4.78, 5) is 32.1. The molecule has 29 heavy (non-hydrogen) atoms. The number of nitro benzene ring substituents is 1. The predicted octanol–water partition coefficient (Wildman–Crippen LogP) is 4.42. The molecule has 152 valence electrons. The number of non-ortho nitro benzene ring substituents is 1. The molecule has 0 saturated heterocycles. The number of benzene rings is 2. The quantitative estimate of drug-likeness (QED) is 0.424. The summed E-state index contributed by atoms with van der Waals surface area (Å²) in [6.07, 6.45) is 0.791. The zero-order valence-corrected chi connectivity index (χ0v) is 17.8. The van der Waals surface area contributed by atoms with Gasteiger partial charge in [0.25, 0.3) is 11.6 Å². The fraction of sp³-hybridized carbons (Fsp3) is 0.333. The number of thiazole rings is 1. The predicted molar refractivity (Wildman–Crippen MR) is 117 cm³/mol. The molecule has 0 aliphatic carbocycles. The Morgan fingerprint density at radius 3 is 2.38 bits per heavy atom. The zero-order chi connectivity index (χ0) is 21.1. The smallest absolute Gasteiger partial charge is 0.269 e. The van der Waals surface area contributed by atoms with Crippen molar-refractivity contribution in [1.29, 1.82) is 0 Å². The minimum atomic E-state index is -0.471. The van der Waals surface area contributed by atoms with Gasteiger partial charge in [-0.1, -0.05) is 11.3 Å². The summed E-state index contributed by atoms with van der Waals surface area (Å²) >= 11 is 1.49. The van der Waals surface area contributed by atoms with Crippen molar-refractivity contribution in [3.8, 4) is 0 Å². The Balaban J connectivity index is 1.95. The Labute approximate surface area is 173 Å². The number of carbonyl (C=O) groups is 1. The summed E-state index contributed by atoms with van der Waals surface area (Å²) in [5, 5.41) is 11.5. The highest BCUT2D eigenvalue weighted by molar-refractivity contribution is 7.22. The van der Waals surface area contributed by atoms with Crippen LogP contribution in [0.3, 0.4) is 0 Å². The number of anilines is 1. The second kappa shape index (κ2) is 8.67. The summed E-state index contributed by atoms with van der Waals surface area (Å²) in [6.45, 7) is 5.47. The lowest BCUT2D eigenvalue weighted by Gasteiger charge is -2.21. The third kappa shape index (κ3) is 4.78. The van der Waals surface area contributed by atoms with E-state index in [1.54, 1.807) is 4.90 Å². The molecular formula is C21H24N4O3S. The molecular weight excluding hydrogens is 388 g/mol. The monoisotopic (exact) mass is 412 g/mol. The molecule has 0 unspecified atom stereocenters. The molecule has 0 radical (unpaired) electrons. The minimum Gasteiger partial charge on any atom is -0.309 e. The normalized spacial score (nSPS) is 11.2. The Bertz CT molecular complexity index is 1010. The number of rotatable bonds is 7. The molecule has 0 atom stereocenters. The van der Waals surface area contributed by atoms with E-state index in [0.29, 0.717) is 17.2 Å². The number of nitro groups is 1. The number of carbonyl (C=O) groups excluding carboxylic acids is 1. The summed E-state index contributed by atoms with van der Waals surface area (Å²) < 4.78 is 1.04. The van der Waals surface area contributed by atoms with Crippen LogP contribution in [0.5, 0.6) is 0 Å². The van der Waals surface area contributed by atoms with Gasteiger partial charge in [-0.05, 0) is 76.3 Å². The Morgan fingerprint density at radius 2 is 1.76 bits per heavy atom. The molecule has 0 N–H and O–H groups in total. The Morgan fingerprint density at radius 1 is 1.10 bits per heavy atom. The number of nitrogens with zero attached hydrogens (tertiary/aromatic N) is 4. The first-order valence-electron chi connectivity index (χ1n) is 9.35. The van der Waals surface area contributed by atoms with E-state index in [-0.39, 0.29) is 11.6 Å².